The van der Waals surface area contributed by atoms with E-state index in [1.165, 1.54) is 0 Å². The minimum atomic E-state index is -0.813. The molecular formula is C34H42O4. The van der Waals surface area contributed by atoms with Gasteiger partial charge < -0.3 is 20.1 Å². The van der Waals surface area contributed by atoms with E-state index in [0.29, 0.717) is 19.4 Å². The number of unbranched alkanes of at least 4 members (excludes halogenated alkanes) is 2. The third-order valence-corrected chi connectivity index (χ3v) is 7.89. The Morgan fingerprint density at radius 2 is 1.34 bits per heavy atom. The minimum Gasteiger partial charge on any atom is -0.393 e. The average molecular weight is 515 g/mol. The first-order valence-electron chi connectivity index (χ1n) is 14.1. The van der Waals surface area contributed by atoms with E-state index in [4.69, 9.17) is 4.74 Å². The standard InChI is InChI=1S/C34H42O4/c1-2-3-7-20-29(35)21-22-30-31(33(37)25-32(30)36)23-24-38-34(26-14-8-4-9-15-26,27-16-10-5-11-17-27)28-18-12-6-13-19-28/h4-6,8-19,21-22,29-33,35-37H,2-3,7,20,23-25H2,1H3/b22-21+/t29?,30-,31-,32+,33-/m1/s1. The Bertz CT molecular complexity index is 1000. The van der Waals surface area contributed by atoms with Gasteiger partial charge in [-0.2, -0.15) is 0 Å². The zero-order chi connectivity index (χ0) is 26.8. The lowest BCUT2D eigenvalue weighted by molar-refractivity contribution is -0.00563. The molecule has 1 saturated carbocycles. The largest absolute Gasteiger partial charge is 0.393 e. The summed E-state index contributed by atoms with van der Waals surface area (Å²) in [5, 5.41) is 31.9. The highest BCUT2D eigenvalue weighted by Gasteiger charge is 2.42. The van der Waals surface area contributed by atoms with E-state index < -0.39 is 23.9 Å². The molecule has 1 aliphatic carbocycles. The van der Waals surface area contributed by atoms with Crippen molar-refractivity contribution in [3.8, 4) is 0 Å². The van der Waals surface area contributed by atoms with E-state index in [0.717, 1.165) is 42.4 Å². The molecule has 0 aliphatic heterocycles. The Kier molecular flexibility index (Phi) is 10.3. The van der Waals surface area contributed by atoms with Gasteiger partial charge in [-0.3, -0.25) is 0 Å². The van der Waals surface area contributed by atoms with Crippen molar-refractivity contribution in [2.75, 3.05) is 6.61 Å². The first kappa shape index (κ1) is 28.3. The number of rotatable bonds is 13. The fourth-order valence-electron chi connectivity index (χ4n) is 5.85. The van der Waals surface area contributed by atoms with Crippen LogP contribution in [0.25, 0.3) is 0 Å². The first-order chi connectivity index (χ1) is 18.6. The van der Waals surface area contributed by atoms with Crippen LogP contribution in [0.1, 0.15) is 62.1 Å². The maximum absolute atomic E-state index is 10.8. The Morgan fingerprint density at radius 1 is 0.816 bits per heavy atom. The Hall–Kier alpha value is -2.76. The molecule has 4 heteroatoms. The molecule has 0 amide bonds. The van der Waals surface area contributed by atoms with Gasteiger partial charge in [-0.1, -0.05) is 129 Å². The van der Waals surface area contributed by atoms with Gasteiger partial charge in [0.15, 0.2) is 0 Å². The van der Waals surface area contributed by atoms with E-state index in [9.17, 15) is 15.3 Å². The monoisotopic (exact) mass is 514 g/mol. The van der Waals surface area contributed by atoms with Gasteiger partial charge in [0, 0.05) is 18.9 Å². The van der Waals surface area contributed by atoms with E-state index in [1.807, 2.05) is 60.7 Å². The predicted octanol–water partition coefficient (Wildman–Crippen LogP) is 6.24. The number of aliphatic hydroxyl groups is 3. The van der Waals surface area contributed by atoms with Crippen molar-refractivity contribution >= 4 is 0 Å². The topological polar surface area (TPSA) is 69.9 Å². The van der Waals surface area contributed by atoms with Gasteiger partial charge in [0.1, 0.15) is 5.60 Å². The molecule has 4 rings (SSSR count). The molecule has 3 N–H and O–H groups in total. The van der Waals surface area contributed by atoms with Crippen LogP contribution in [0.2, 0.25) is 0 Å². The van der Waals surface area contributed by atoms with Crippen LogP contribution in [0, 0.1) is 11.8 Å². The number of hydrogen-bond acceptors (Lipinski definition) is 4. The molecule has 1 fully saturated rings. The summed E-state index contributed by atoms with van der Waals surface area (Å²) in [6.45, 7) is 2.55. The molecule has 38 heavy (non-hydrogen) atoms. The zero-order valence-corrected chi connectivity index (χ0v) is 22.4. The molecule has 0 spiro atoms. The third-order valence-electron chi connectivity index (χ3n) is 7.89. The van der Waals surface area contributed by atoms with Crippen LogP contribution in [0.4, 0.5) is 0 Å². The van der Waals surface area contributed by atoms with Gasteiger partial charge in [0.25, 0.3) is 0 Å². The summed E-state index contributed by atoms with van der Waals surface area (Å²) in [5.74, 6) is -0.363. The summed E-state index contributed by atoms with van der Waals surface area (Å²) in [7, 11) is 0. The number of ether oxygens (including phenoxy) is 1. The molecule has 0 heterocycles. The van der Waals surface area contributed by atoms with E-state index >= 15 is 0 Å². The first-order valence-corrected chi connectivity index (χ1v) is 14.1. The van der Waals surface area contributed by atoms with Gasteiger partial charge in [0.2, 0.25) is 0 Å². The Morgan fingerprint density at radius 3 is 1.84 bits per heavy atom. The predicted molar refractivity (Wildman–Crippen MR) is 153 cm³/mol. The lowest BCUT2D eigenvalue weighted by Gasteiger charge is -2.36. The van der Waals surface area contributed by atoms with Crippen LogP contribution in [-0.2, 0) is 10.3 Å². The maximum atomic E-state index is 10.8. The maximum Gasteiger partial charge on any atom is 0.143 e. The fourth-order valence-corrected chi connectivity index (χ4v) is 5.85. The molecular weight excluding hydrogens is 472 g/mol. The second-order valence-electron chi connectivity index (χ2n) is 10.5. The highest BCUT2D eigenvalue weighted by atomic mass is 16.5. The number of benzene rings is 3. The van der Waals surface area contributed by atoms with Crippen LogP contribution in [0.3, 0.4) is 0 Å². The van der Waals surface area contributed by atoms with Crippen molar-refractivity contribution in [2.45, 2.75) is 69.4 Å². The highest BCUT2D eigenvalue weighted by Crippen LogP contribution is 2.42. The third kappa shape index (κ3) is 6.62. The summed E-state index contributed by atoms with van der Waals surface area (Å²) in [5.41, 5.74) is 2.30. The lowest BCUT2D eigenvalue weighted by atomic mass is 9.80. The normalized spacial score (nSPS) is 22.6. The van der Waals surface area contributed by atoms with Gasteiger partial charge in [0.05, 0.1) is 18.3 Å². The summed E-state index contributed by atoms with van der Waals surface area (Å²) >= 11 is 0. The van der Waals surface area contributed by atoms with Crippen molar-refractivity contribution < 1.29 is 20.1 Å². The Labute approximate surface area is 227 Å². The molecule has 5 atom stereocenters. The van der Waals surface area contributed by atoms with Crippen LogP contribution in [-0.4, -0.2) is 40.2 Å². The van der Waals surface area contributed by atoms with Crippen molar-refractivity contribution in [1.29, 1.82) is 0 Å². The van der Waals surface area contributed by atoms with Crippen molar-refractivity contribution in [3.05, 3.63) is 120 Å². The van der Waals surface area contributed by atoms with Crippen LogP contribution < -0.4 is 0 Å². The van der Waals surface area contributed by atoms with Crippen LogP contribution in [0.5, 0.6) is 0 Å². The molecule has 1 aliphatic rings. The van der Waals surface area contributed by atoms with Crippen molar-refractivity contribution in [2.24, 2.45) is 11.8 Å². The molecule has 202 valence electrons. The van der Waals surface area contributed by atoms with E-state index in [2.05, 4.69) is 43.3 Å². The van der Waals surface area contributed by atoms with E-state index in [-0.39, 0.29) is 11.8 Å². The number of hydrogen-bond donors (Lipinski definition) is 3. The van der Waals surface area contributed by atoms with E-state index in [1.54, 1.807) is 6.08 Å². The highest BCUT2D eigenvalue weighted by molar-refractivity contribution is 5.47. The quantitative estimate of drug-likeness (QED) is 0.143. The smallest absolute Gasteiger partial charge is 0.143 e. The van der Waals surface area contributed by atoms with Gasteiger partial charge in [-0.15, -0.1) is 0 Å². The average Bonchev–Trinajstić information content (AvgIpc) is 3.23. The molecule has 4 nitrogen and oxygen atoms in total. The molecule has 0 radical (unpaired) electrons. The van der Waals surface area contributed by atoms with Crippen molar-refractivity contribution in [1.82, 2.24) is 0 Å². The molecule has 0 bridgehead atoms. The van der Waals surface area contributed by atoms with Gasteiger partial charge >= 0.3 is 0 Å². The summed E-state index contributed by atoms with van der Waals surface area (Å²) < 4.78 is 6.91. The van der Waals surface area contributed by atoms with Crippen molar-refractivity contribution in [3.63, 3.8) is 0 Å². The second-order valence-corrected chi connectivity index (χ2v) is 10.5. The molecule has 3 aromatic rings. The fraction of sp³-hybridized carbons (Fsp3) is 0.412. The zero-order valence-electron chi connectivity index (χ0n) is 22.4. The summed E-state index contributed by atoms with van der Waals surface area (Å²) in [4.78, 5) is 0. The molecule has 3 aromatic carbocycles. The van der Waals surface area contributed by atoms with Crippen LogP contribution >= 0.6 is 0 Å². The molecule has 0 aromatic heterocycles. The SMILES string of the molecule is CCCCCC(O)/C=C/[C@@H]1[C@@H](CCOC(c2ccccc2)(c2ccccc2)c2ccccc2)[C@H](O)C[C@@H]1O. The summed E-state index contributed by atoms with van der Waals surface area (Å²) in [6, 6.07) is 30.8. The molecule has 0 saturated heterocycles. The second kappa shape index (κ2) is 13.9. The number of aliphatic hydroxyl groups excluding tert-OH is 3. The Balaban J connectivity index is 1.57. The van der Waals surface area contributed by atoms with Gasteiger partial charge in [-0.05, 0) is 35.4 Å². The van der Waals surface area contributed by atoms with Gasteiger partial charge in [-0.25, -0.2) is 0 Å². The molecule has 1 unspecified atom stereocenters. The summed E-state index contributed by atoms with van der Waals surface area (Å²) in [6.07, 6.45) is 6.80. The lowest BCUT2D eigenvalue weighted by Crippen LogP contribution is -2.34. The minimum absolute atomic E-state index is 0.149. The van der Waals surface area contributed by atoms with Crippen LogP contribution in [0.15, 0.2) is 103 Å².